The number of nitrogens with zero attached hydrogens (tertiary/aromatic N) is 1. The van der Waals surface area contributed by atoms with Gasteiger partial charge in [0.1, 0.15) is 0 Å². The van der Waals surface area contributed by atoms with Gasteiger partial charge in [-0.2, -0.15) is 0 Å². The molecule has 1 aliphatic rings. The van der Waals surface area contributed by atoms with Crippen LogP contribution in [0.2, 0.25) is 10.0 Å². The van der Waals surface area contributed by atoms with E-state index in [0.29, 0.717) is 34.4 Å². The van der Waals surface area contributed by atoms with Crippen molar-refractivity contribution < 1.29 is 14.3 Å². The standard InChI is InChI=1S/C18H16Cl2N2O3/c1-25-18(24)22-7-6-11-2-4-14(8-13(11)10-22)21-17(23)12-3-5-15(19)16(20)9-12/h2-5,8-9H,6-7,10H2,1H3,(H,21,23). The molecule has 130 valence electrons. The molecule has 7 heteroatoms. The van der Waals surface area contributed by atoms with Crippen LogP contribution in [0.4, 0.5) is 10.5 Å². The van der Waals surface area contributed by atoms with Crippen molar-refractivity contribution in [2.24, 2.45) is 0 Å². The van der Waals surface area contributed by atoms with Crippen molar-refractivity contribution in [1.82, 2.24) is 4.90 Å². The highest BCUT2D eigenvalue weighted by atomic mass is 35.5. The van der Waals surface area contributed by atoms with Crippen molar-refractivity contribution in [1.29, 1.82) is 0 Å². The maximum atomic E-state index is 12.4. The third-order valence-electron chi connectivity index (χ3n) is 4.09. The first kappa shape index (κ1) is 17.6. The van der Waals surface area contributed by atoms with Gasteiger partial charge >= 0.3 is 6.09 Å². The number of rotatable bonds is 2. The number of hydrogen-bond acceptors (Lipinski definition) is 3. The summed E-state index contributed by atoms with van der Waals surface area (Å²) in [5.41, 5.74) is 3.22. The van der Waals surface area contributed by atoms with Gasteiger partial charge < -0.3 is 15.0 Å². The molecule has 0 spiro atoms. The number of fused-ring (bicyclic) bond motifs is 1. The molecule has 0 saturated carbocycles. The smallest absolute Gasteiger partial charge is 0.409 e. The van der Waals surface area contributed by atoms with Crippen molar-refractivity contribution in [2.45, 2.75) is 13.0 Å². The number of carbonyl (C=O) groups excluding carboxylic acids is 2. The molecule has 0 fully saturated rings. The lowest BCUT2D eigenvalue weighted by Crippen LogP contribution is -2.35. The van der Waals surface area contributed by atoms with E-state index in [-0.39, 0.29) is 12.0 Å². The van der Waals surface area contributed by atoms with Crippen LogP contribution < -0.4 is 5.32 Å². The molecule has 0 atom stereocenters. The van der Waals surface area contributed by atoms with Gasteiger partial charge in [0.15, 0.2) is 0 Å². The van der Waals surface area contributed by atoms with Crippen LogP contribution in [-0.4, -0.2) is 30.6 Å². The Hall–Kier alpha value is -2.24. The fourth-order valence-electron chi connectivity index (χ4n) is 2.76. The minimum Gasteiger partial charge on any atom is -0.453 e. The van der Waals surface area contributed by atoms with E-state index in [4.69, 9.17) is 27.9 Å². The van der Waals surface area contributed by atoms with E-state index in [1.807, 2.05) is 18.2 Å². The number of benzene rings is 2. The highest BCUT2D eigenvalue weighted by Crippen LogP contribution is 2.25. The number of hydrogen-bond donors (Lipinski definition) is 1. The van der Waals surface area contributed by atoms with E-state index in [0.717, 1.165) is 17.5 Å². The summed E-state index contributed by atoms with van der Waals surface area (Å²) in [4.78, 5) is 25.7. The molecule has 1 N–H and O–H groups in total. The van der Waals surface area contributed by atoms with Crippen molar-refractivity contribution in [2.75, 3.05) is 19.0 Å². The molecule has 0 saturated heterocycles. The maximum Gasteiger partial charge on any atom is 0.409 e. The van der Waals surface area contributed by atoms with Crippen LogP contribution in [0.5, 0.6) is 0 Å². The van der Waals surface area contributed by atoms with Gasteiger partial charge in [0.05, 0.1) is 17.2 Å². The Bertz CT molecular complexity index is 839. The minimum atomic E-state index is -0.351. The van der Waals surface area contributed by atoms with E-state index in [1.54, 1.807) is 17.0 Å². The normalized spacial score (nSPS) is 13.2. The highest BCUT2D eigenvalue weighted by Gasteiger charge is 2.21. The molecule has 25 heavy (non-hydrogen) atoms. The Morgan fingerprint density at radius 2 is 1.88 bits per heavy atom. The fourth-order valence-corrected chi connectivity index (χ4v) is 3.06. The number of halogens is 2. The van der Waals surface area contributed by atoms with Gasteiger partial charge in [0.25, 0.3) is 5.91 Å². The molecule has 0 radical (unpaired) electrons. The molecule has 1 aliphatic heterocycles. The number of anilines is 1. The van der Waals surface area contributed by atoms with Crippen molar-refractivity contribution in [3.05, 3.63) is 63.1 Å². The number of carbonyl (C=O) groups is 2. The van der Waals surface area contributed by atoms with Gasteiger partial charge in [-0.3, -0.25) is 4.79 Å². The average Bonchev–Trinajstić information content (AvgIpc) is 2.62. The van der Waals surface area contributed by atoms with E-state index in [9.17, 15) is 9.59 Å². The average molecular weight is 379 g/mol. The van der Waals surface area contributed by atoms with Gasteiger partial charge in [0, 0.05) is 24.3 Å². The van der Waals surface area contributed by atoms with Gasteiger partial charge in [-0.05, 0) is 47.9 Å². The maximum absolute atomic E-state index is 12.4. The predicted molar refractivity (Wildman–Crippen MR) is 97.4 cm³/mol. The summed E-state index contributed by atoms with van der Waals surface area (Å²) in [5.74, 6) is -0.279. The van der Waals surface area contributed by atoms with Crippen LogP contribution in [0.25, 0.3) is 0 Å². The minimum absolute atomic E-state index is 0.279. The Morgan fingerprint density at radius 3 is 2.60 bits per heavy atom. The van der Waals surface area contributed by atoms with Gasteiger partial charge in [-0.25, -0.2) is 4.79 Å². The highest BCUT2D eigenvalue weighted by molar-refractivity contribution is 6.42. The van der Waals surface area contributed by atoms with Crippen LogP contribution in [0.3, 0.4) is 0 Å². The SMILES string of the molecule is COC(=O)N1CCc2ccc(NC(=O)c3ccc(Cl)c(Cl)c3)cc2C1. The second-order valence-electron chi connectivity index (χ2n) is 5.71. The number of ether oxygens (including phenoxy) is 1. The Morgan fingerprint density at radius 1 is 1.08 bits per heavy atom. The quantitative estimate of drug-likeness (QED) is 0.843. The topological polar surface area (TPSA) is 58.6 Å². The second kappa shape index (κ2) is 7.33. The lowest BCUT2D eigenvalue weighted by atomic mass is 9.99. The molecule has 3 rings (SSSR count). The third kappa shape index (κ3) is 3.89. The molecule has 5 nitrogen and oxygen atoms in total. The largest absolute Gasteiger partial charge is 0.453 e. The first-order valence-electron chi connectivity index (χ1n) is 7.69. The molecule has 0 unspecified atom stereocenters. The molecule has 0 bridgehead atoms. The Labute approximate surface area is 155 Å². The summed E-state index contributed by atoms with van der Waals surface area (Å²) in [6, 6.07) is 10.4. The third-order valence-corrected chi connectivity index (χ3v) is 4.83. The van der Waals surface area contributed by atoms with Crippen LogP contribution in [-0.2, 0) is 17.7 Å². The first-order valence-corrected chi connectivity index (χ1v) is 8.44. The van der Waals surface area contributed by atoms with Crippen LogP contribution >= 0.6 is 23.2 Å². The molecule has 0 aromatic heterocycles. The molecule has 0 aliphatic carbocycles. The molecular weight excluding hydrogens is 363 g/mol. The van der Waals surface area contributed by atoms with Crippen LogP contribution in [0.1, 0.15) is 21.5 Å². The molecule has 2 aromatic rings. The van der Waals surface area contributed by atoms with E-state index >= 15 is 0 Å². The number of nitrogens with one attached hydrogen (secondary N) is 1. The van der Waals surface area contributed by atoms with Crippen molar-refractivity contribution >= 4 is 40.9 Å². The van der Waals surface area contributed by atoms with E-state index in [2.05, 4.69) is 5.32 Å². The van der Waals surface area contributed by atoms with Crippen molar-refractivity contribution in [3.8, 4) is 0 Å². The second-order valence-corrected chi connectivity index (χ2v) is 6.52. The van der Waals surface area contributed by atoms with Crippen molar-refractivity contribution in [3.63, 3.8) is 0 Å². The molecule has 2 aromatic carbocycles. The zero-order chi connectivity index (χ0) is 18.0. The molecule has 1 heterocycles. The number of methoxy groups -OCH3 is 1. The van der Waals surface area contributed by atoms with E-state index in [1.165, 1.54) is 13.2 Å². The van der Waals surface area contributed by atoms with Gasteiger partial charge in [0.2, 0.25) is 0 Å². The summed E-state index contributed by atoms with van der Waals surface area (Å²) in [6.07, 6.45) is 0.404. The van der Waals surface area contributed by atoms with Crippen LogP contribution in [0, 0.1) is 0 Å². The zero-order valence-corrected chi connectivity index (χ0v) is 15.0. The summed E-state index contributed by atoms with van der Waals surface area (Å²) >= 11 is 11.8. The predicted octanol–water partition coefficient (Wildman–Crippen LogP) is 4.37. The summed E-state index contributed by atoms with van der Waals surface area (Å²) in [6.45, 7) is 1.08. The first-order chi connectivity index (χ1) is 12.0. The van der Waals surface area contributed by atoms with Gasteiger partial charge in [-0.15, -0.1) is 0 Å². The zero-order valence-electron chi connectivity index (χ0n) is 13.5. The fraction of sp³-hybridized carbons (Fsp3) is 0.222. The Kier molecular flexibility index (Phi) is 5.16. The summed E-state index contributed by atoms with van der Waals surface area (Å²) in [5, 5.41) is 3.56. The van der Waals surface area contributed by atoms with E-state index < -0.39 is 0 Å². The van der Waals surface area contributed by atoms with Crippen LogP contribution in [0.15, 0.2) is 36.4 Å². The molecular formula is C18H16Cl2N2O3. The molecule has 2 amide bonds. The lowest BCUT2D eigenvalue weighted by Gasteiger charge is -2.28. The Balaban J connectivity index is 1.77. The summed E-state index contributed by atoms with van der Waals surface area (Å²) < 4.78 is 4.77. The lowest BCUT2D eigenvalue weighted by molar-refractivity contribution is 0.102. The summed E-state index contributed by atoms with van der Waals surface area (Å²) in [7, 11) is 1.37. The van der Waals surface area contributed by atoms with Gasteiger partial charge in [-0.1, -0.05) is 29.3 Å². The monoisotopic (exact) mass is 378 g/mol. The number of amides is 2.